The molecule has 0 unspecified atom stereocenters. The van der Waals surface area contributed by atoms with E-state index in [1.807, 2.05) is 0 Å². The van der Waals surface area contributed by atoms with Crippen molar-refractivity contribution in [2.24, 2.45) is 5.92 Å². The highest BCUT2D eigenvalue weighted by Gasteiger charge is 2.04. The molecule has 1 heterocycles. The summed E-state index contributed by atoms with van der Waals surface area (Å²) in [6.45, 7) is 5.09. The number of hydrogen-bond donors (Lipinski definition) is 0. The number of aromatic nitrogens is 2. The van der Waals surface area contributed by atoms with Gasteiger partial charge in [-0.05, 0) is 12.0 Å². The molecule has 0 spiro atoms. The van der Waals surface area contributed by atoms with E-state index < -0.39 is 0 Å². The van der Waals surface area contributed by atoms with Crippen molar-refractivity contribution >= 4 is 0 Å². The van der Waals surface area contributed by atoms with Crippen molar-refractivity contribution < 1.29 is 0 Å². The third-order valence-electron chi connectivity index (χ3n) is 2.39. The Hall–Kier alpha value is -1.12. The predicted molar refractivity (Wildman–Crippen MR) is 52.6 cm³/mol. The molecule has 0 aliphatic rings. The van der Waals surface area contributed by atoms with E-state index in [2.05, 4.69) is 18.8 Å². The summed E-state index contributed by atoms with van der Waals surface area (Å²) in [5.74, 6) is 0.585. The van der Waals surface area contributed by atoms with E-state index >= 15 is 0 Å². The van der Waals surface area contributed by atoms with Gasteiger partial charge in [0.25, 0.3) is 0 Å². The van der Waals surface area contributed by atoms with Gasteiger partial charge in [0.15, 0.2) is 0 Å². The Morgan fingerprint density at radius 3 is 2.69 bits per heavy atom. The first-order valence-corrected chi connectivity index (χ1v) is 4.79. The van der Waals surface area contributed by atoms with Crippen molar-refractivity contribution in [3.63, 3.8) is 0 Å². The number of rotatable bonds is 4. The van der Waals surface area contributed by atoms with Gasteiger partial charge in [0.1, 0.15) is 0 Å². The van der Waals surface area contributed by atoms with Gasteiger partial charge in [0.2, 0.25) is 0 Å². The zero-order valence-electron chi connectivity index (χ0n) is 8.23. The van der Waals surface area contributed by atoms with Crippen LogP contribution in [0.15, 0.2) is 23.3 Å². The number of nitrogens with zero attached hydrogens (tertiary/aromatic N) is 2. The molecule has 13 heavy (non-hydrogen) atoms. The van der Waals surface area contributed by atoms with Crippen LogP contribution in [0.4, 0.5) is 0 Å². The average molecular weight is 180 g/mol. The number of hydrogen-bond acceptors (Lipinski definition) is 2. The zero-order chi connectivity index (χ0) is 9.68. The van der Waals surface area contributed by atoms with Crippen LogP contribution in [0, 0.1) is 5.92 Å². The van der Waals surface area contributed by atoms with Gasteiger partial charge in [-0.2, -0.15) is 0 Å². The lowest BCUT2D eigenvalue weighted by Gasteiger charge is -2.12. The summed E-state index contributed by atoms with van der Waals surface area (Å²) in [6.07, 6.45) is 5.55. The van der Waals surface area contributed by atoms with Gasteiger partial charge in [0.05, 0.1) is 0 Å². The van der Waals surface area contributed by atoms with E-state index in [0.29, 0.717) is 5.92 Å². The first kappa shape index (κ1) is 9.96. The third-order valence-corrected chi connectivity index (χ3v) is 2.39. The molecule has 0 aliphatic heterocycles. The predicted octanol–water partition coefficient (Wildman–Crippen LogP) is 1.68. The van der Waals surface area contributed by atoms with Gasteiger partial charge in [-0.25, -0.2) is 9.78 Å². The molecular formula is C10H16N2O. The van der Waals surface area contributed by atoms with E-state index in [0.717, 1.165) is 19.4 Å². The molecule has 0 N–H and O–H groups in total. The average Bonchev–Trinajstić information content (AvgIpc) is 2.17. The highest BCUT2D eigenvalue weighted by Crippen LogP contribution is 2.08. The molecule has 0 saturated carbocycles. The zero-order valence-corrected chi connectivity index (χ0v) is 8.23. The Balaban J connectivity index is 2.73. The Morgan fingerprint density at radius 2 is 2.15 bits per heavy atom. The molecular weight excluding hydrogens is 164 g/mol. The first-order chi connectivity index (χ1) is 6.27. The van der Waals surface area contributed by atoms with E-state index in [9.17, 15) is 4.79 Å². The molecule has 3 heteroatoms. The summed E-state index contributed by atoms with van der Waals surface area (Å²) in [6, 6.07) is 1.80. The summed E-state index contributed by atoms with van der Waals surface area (Å²) in [5.41, 5.74) is -0.144. The lowest BCUT2D eigenvalue weighted by molar-refractivity contribution is 0.408. The molecule has 0 atom stereocenters. The highest BCUT2D eigenvalue weighted by atomic mass is 16.1. The quantitative estimate of drug-likeness (QED) is 0.706. The first-order valence-electron chi connectivity index (χ1n) is 4.79. The monoisotopic (exact) mass is 180 g/mol. The maximum atomic E-state index is 11.2. The molecule has 0 fully saturated rings. The smallest absolute Gasteiger partial charge is 0.299 e. The normalized spacial score (nSPS) is 10.7. The fraction of sp³-hybridized carbons (Fsp3) is 0.600. The summed E-state index contributed by atoms with van der Waals surface area (Å²) in [4.78, 5) is 14.9. The topological polar surface area (TPSA) is 34.9 Å². The van der Waals surface area contributed by atoms with Gasteiger partial charge in [-0.15, -0.1) is 0 Å². The maximum absolute atomic E-state index is 11.2. The van der Waals surface area contributed by atoms with Gasteiger partial charge < -0.3 is 0 Å². The van der Waals surface area contributed by atoms with Crippen LogP contribution in [-0.2, 0) is 6.54 Å². The van der Waals surface area contributed by atoms with Crippen LogP contribution in [0.2, 0.25) is 0 Å². The SMILES string of the molecule is CCC(CC)Cn1cccnc1=O. The standard InChI is InChI=1S/C10H16N2O/c1-3-9(4-2)8-12-7-5-6-11-10(12)13/h5-7,9H,3-4,8H2,1-2H3. The summed E-state index contributed by atoms with van der Waals surface area (Å²) in [7, 11) is 0. The van der Waals surface area contributed by atoms with Crippen molar-refractivity contribution in [1.82, 2.24) is 9.55 Å². The Morgan fingerprint density at radius 1 is 1.46 bits per heavy atom. The molecule has 1 aromatic heterocycles. The van der Waals surface area contributed by atoms with Gasteiger partial charge in [-0.1, -0.05) is 26.7 Å². The van der Waals surface area contributed by atoms with Gasteiger partial charge in [-0.3, -0.25) is 4.57 Å². The summed E-state index contributed by atoms with van der Waals surface area (Å²) < 4.78 is 1.68. The molecule has 0 radical (unpaired) electrons. The lowest BCUT2D eigenvalue weighted by atomic mass is 10.0. The van der Waals surface area contributed by atoms with E-state index in [-0.39, 0.29) is 5.69 Å². The minimum absolute atomic E-state index is 0.144. The van der Waals surface area contributed by atoms with Crippen molar-refractivity contribution in [3.8, 4) is 0 Å². The van der Waals surface area contributed by atoms with Crippen LogP contribution in [0.5, 0.6) is 0 Å². The van der Waals surface area contributed by atoms with Crippen LogP contribution in [-0.4, -0.2) is 9.55 Å². The van der Waals surface area contributed by atoms with Crippen LogP contribution in [0.3, 0.4) is 0 Å². The molecule has 0 bridgehead atoms. The Bertz CT molecular complexity index is 302. The van der Waals surface area contributed by atoms with Gasteiger partial charge >= 0.3 is 5.69 Å². The van der Waals surface area contributed by atoms with Crippen molar-refractivity contribution in [1.29, 1.82) is 0 Å². The lowest BCUT2D eigenvalue weighted by Crippen LogP contribution is -2.24. The summed E-state index contributed by atoms with van der Waals surface area (Å²) in [5, 5.41) is 0. The fourth-order valence-corrected chi connectivity index (χ4v) is 1.35. The third kappa shape index (κ3) is 2.68. The molecule has 0 amide bonds. The van der Waals surface area contributed by atoms with Crippen LogP contribution < -0.4 is 5.69 Å². The second-order valence-electron chi connectivity index (χ2n) is 3.24. The molecule has 72 valence electrons. The largest absolute Gasteiger partial charge is 0.347 e. The Labute approximate surface area is 78.4 Å². The van der Waals surface area contributed by atoms with Crippen LogP contribution in [0.1, 0.15) is 26.7 Å². The maximum Gasteiger partial charge on any atom is 0.347 e. The highest BCUT2D eigenvalue weighted by molar-refractivity contribution is 4.81. The Kier molecular flexibility index (Phi) is 3.68. The second kappa shape index (κ2) is 4.80. The molecule has 1 rings (SSSR count). The van der Waals surface area contributed by atoms with E-state index in [4.69, 9.17) is 0 Å². The minimum atomic E-state index is -0.144. The molecule has 0 saturated heterocycles. The van der Waals surface area contributed by atoms with Crippen molar-refractivity contribution in [2.45, 2.75) is 33.2 Å². The van der Waals surface area contributed by atoms with Crippen LogP contribution >= 0.6 is 0 Å². The van der Waals surface area contributed by atoms with E-state index in [1.165, 1.54) is 6.20 Å². The van der Waals surface area contributed by atoms with Crippen LogP contribution in [0.25, 0.3) is 0 Å². The summed E-state index contributed by atoms with van der Waals surface area (Å²) >= 11 is 0. The molecule has 1 aromatic rings. The van der Waals surface area contributed by atoms with E-state index in [1.54, 1.807) is 16.8 Å². The fourth-order valence-electron chi connectivity index (χ4n) is 1.35. The van der Waals surface area contributed by atoms with Crippen molar-refractivity contribution in [3.05, 3.63) is 28.9 Å². The molecule has 0 aliphatic carbocycles. The van der Waals surface area contributed by atoms with Gasteiger partial charge in [0, 0.05) is 18.9 Å². The second-order valence-corrected chi connectivity index (χ2v) is 3.24. The minimum Gasteiger partial charge on any atom is -0.299 e. The molecule has 3 nitrogen and oxygen atoms in total. The molecule has 0 aromatic carbocycles. The van der Waals surface area contributed by atoms with Crippen molar-refractivity contribution in [2.75, 3.05) is 0 Å².